The summed E-state index contributed by atoms with van der Waals surface area (Å²) in [6.07, 6.45) is 0. The molecule has 0 fully saturated rings. The molecule has 2 aromatic heterocycles. The summed E-state index contributed by atoms with van der Waals surface area (Å²) in [5.41, 5.74) is 14.8. The Morgan fingerprint density at radius 2 is 0.980 bits per heavy atom. The number of rotatable bonds is 5. The Morgan fingerprint density at radius 1 is 0.420 bits per heavy atom. The highest BCUT2D eigenvalue weighted by Gasteiger charge is 2.36. The molecule has 0 saturated heterocycles. The van der Waals surface area contributed by atoms with Crippen LogP contribution in [0.3, 0.4) is 0 Å². The molecule has 10 rings (SSSR count). The number of hydrogen-bond acceptors (Lipinski definition) is 2. The summed E-state index contributed by atoms with van der Waals surface area (Å²) in [4.78, 5) is 10.9. The number of para-hydroxylation sites is 2. The van der Waals surface area contributed by atoms with E-state index in [1.54, 1.807) is 0 Å². The maximum Gasteiger partial charge on any atom is 0.141 e. The molecule has 1 aliphatic carbocycles. The first-order chi connectivity index (χ1) is 24.8. The topological polar surface area (TPSA) is 30.7 Å². The van der Waals surface area contributed by atoms with Crippen molar-refractivity contribution in [1.82, 2.24) is 14.5 Å². The molecule has 0 radical (unpaired) electrons. The maximum atomic E-state index is 5.45. The van der Waals surface area contributed by atoms with Crippen LogP contribution < -0.4 is 0 Å². The molecule has 0 saturated carbocycles. The lowest BCUT2D eigenvalue weighted by atomic mass is 9.90. The molecule has 3 nitrogen and oxygen atoms in total. The highest BCUT2D eigenvalue weighted by atomic mass is 15.0. The van der Waals surface area contributed by atoms with Crippen LogP contribution >= 0.6 is 0 Å². The first kappa shape index (κ1) is 28.4. The number of hydrogen-bond donors (Lipinski definition) is 0. The molecule has 0 N–H and O–H groups in total. The molecule has 0 aliphatic heterocycles. The molecule has 50 heavy (non-hydrogen) atoms. The summed E-state index contributed by atoms with van der Waals surface area (Å²) in [6.45, 7) is 0. The number of nitrogens with zero attached hydrogens (tertiary/aromatic N) is 3. The summed E-state index contributed by atoms with van der Waals surface area (Å²) in [6, 6.07) is 64.8. The van der Waals surface area contributed by atoms with Crippen LogP contribution in [-0.4, -0.2) is 14.5 Å². The van der Waals surface area contributed by atoms with E-state index in [-0.39, 0.29) is 5.92 Å². The average molecular weight is 638 g/mol. The molecule has 0 bridgehead atoms. The van der Waals surface area contributed by atoms with Crippen LogP contribution in [0.2, 0.25) is 0 Å². The second-order valence-electron chi connectivity index (χ2n) is 12.9. The third kappa shape index (κ3) is 4.52. The van der Waals surface area contributed by atoms with Gasteiger partial charge in [0.1, 0.15) is 5.82 Å². The van der Waals surface area contributed by atoms with E-state index in [4.69, 9.17) is 9.97 Å². The molecule has 9 aromatic rings. The molecule has 1 aliphatic rings. The Kier molecular flexibility index (Phi) is 6.56. The summed E-state index contributed by atoms with van der Waals surface area (Å²) >= 11 is 0. The molecule has 0 amide bonds. The minimum atomic E-state index is -0.187. The van der Waals surface area contributed by atoms with E-state index in [2.05, 4.69) is 187 Å². The van der Waals surface area contributed by atoms with Crippen molar-refractivity contribution in [3.05, 3.63) is 199 Å². The summed E-state index contributed by atoms with van der Waals surface area (Å²) in [5.74, 6) is 0.618. The lowest BCUT2D eigenvalue weighted by Crippen LogP contribution is -2.08. The normalized spacial score (nSPS) is 13.4. The molecule has 234 valence electrons. The van der Waals surface area contributed by atoms with Crippen molar-refractivity contribution in [2.75, 3.05) is 0 Å². The smallest absolute Gasteiger partial charge is 0.141 e. The SMILES string of the molecule is c1ccc(-c2ccc3c(c2)C(c2nc(-c4ccccc4)cc(-c4ccccc4)n2)c2c-3ccc3c2c2ccccc2n3-c2ccccc2)cc1. The van der Waals surface area contributed by atoms with Crippen molar-refractivity contribution in [2.24, 2.45) is 0 Å². The molecule has 3 heteroatoms. The van der Waals surface area contributed by atoms with E-state index in [1.165, 1.54) is 55.2 Å². The van der Waals surface area contributed by atoms with Gasteiger partial charge in [0.25, 0.3) is 0 Å². The van der Waals surface area contributed by atoms with Gasteiger partial charge in [-0.05, 0) is 69.8 Å². The van der Waals surface area contributed by atoms with Gasteiger partial charge in [-0.15, -0.1) is 0 Å². The molecule has 2 heterocycles. The van der Waals surface area contributed by atoms with E-state index in [0.29, 0.717) is 0 Å². The molecule has 0 spiro atoms. The van der Waals surface area contributed by atoms with Gasteiger partial charge in [-0.1, -0.05) is 146 Å². The summed E-state index contributed by atoms with van der Waals surface area (Å²) in [5, 5.41) is 2.48. The first-order valence-corrected chi connectivity index (χ1v) is 17.1. The Hall–Kier alpha value is -6.58. The van der Waals surface area contributed by atoms with Gasteiger partial charge in [0.2, 0.25) is 0 Å². The van der Waals surface area contributed by atoms with Crippen molar-refractivity contribution >= 4 is 21.8 Å². The quantitative estimate of drug-likeness (QED) is 0.188. The first-order valence-electron chi connectivity index (χ1n) is 17.1. The van der Waals surface area contributed by atoms with Crippen molar-refractivity contribution in [2.45, 2.75) is 5.92 Å². The van der Waals surface area contributed by atoms with E-state index < -0.39 is 0 Å². The maximum absolute atomic E-state index is 5.45. The van der Waals surface area contributed by atoms with Gasteiger partial charge in [0.05, 0.1) is 28.3 Å². The van der Waals surface area contributed by atoms with Gasteiger partial charge in [-0.3, -0.25) is 0 Å². The predicted octanol–water partition coefficient (Wildman–Crippen LogP) is 11.7. The van der Waals surface area contributed by atoms with Crippen LogP contribution in [0.1, 0.15) is 22.9 Å². The van der Waals surface area contributed by atoms with Gasteiger partial charge >= 0.3 is 0 Å². The lowest BCUT2D eigenvalue weighted by Gasteiger charge is -2.17. The minimum Gasteiger partial charge on any atom is -0.309 e. The van der Waals surface area contributed by atoms with Crippen LogP contribution in [0.15, 0.2) is 182 Å². The third-order valence-electron chi connectivity index (χ3n) is 10.1. The van der Waals surface area contributed by atoms with Crippen molar-refractivity contribution in [3.8, 4) is 50.5 Å². The second kappa shape index (κ2) is 11.5. The Balaban J connectivity index is 1.31. The van der Waals surface area contributed by atoms with Crippen LogP contribution in [0, 0.1) is 0 Å². The number of fused-ring (bicyclic) bond motifs is 7. The Morgan fingerprint density at radius 3 is 1.64 bits per heavy atom. The van der Waals surface area contributed by atoms with Crippen LogP contribution in [-0.2, 0) is 0 Å². The van der Waals surface area contributed by atoms with Crippen molar-refractivity contribution < 1.29 is 0 Å². The zero-order valence-electron chi connectivity index (χ0n) is 27.2. The van der Waals surface area contributed by atoms with E-state index in [1.807, 2.05) is 0 Å². The summed E-state index contributed by atoms with van der Waals surface area (Å²) < 4.78 is 2.40. The standard InChI is InChI=1S/C47H31N3/c1-5-15-31(16-6-1)34-25-26-36-37-27-28-43-44(38-23-13-14-24-42(38)50(43)35-21-11-4-12-22-35)45(37)46(39(36)29-34)47-48-40(32-17-7-2-8-18-32)30-41(49-47)33-19-9-3-10-20-33/h1-30,46H. The molecule has 1 unspecified atom stereocenters. The van der Waals surface area contributed by atoms with Gasteiger partial charge in [0, 0.05) is 27.6 Å². The van der Waals surface area contributed by atoms with Crippen LogP contribution in [0.5, 0.6) is 0 Å². The fourth-order valence-electron chi connectivity index (χ4n) is 7.87. The molecular formula is C47H31N3. The van der Waals surface area contributed by atoms with Crippen LogP contribution in [0.4, 0.5) is 0 Å². The van der Waals surface area contributed by atoms with E-state index in [9.17, 15) is 0 Å². The van der Waals surface area contributed by atoms with E-state index in [0.717, 1.165) is 34.0 Å². The highest BCUT2D eigenvalue weighted by molar-refractivity contribution is 6.14. The van der Waals surface area contributed by atoms with Gasteiger partial charge < -0.3 is 4.57 Å². The van der Waals surface area contributed by atoms with Gasteiger partial charge in [-0.2, -0.15) is 0 Å². The molecule has 1 atom stereocenters. The fourth-order valence-corrected chi connectivity index (χ4v) is 7.87. The monoisotopic (exact) mass is 637 g/mol. The van der Waals surface area contributed by atoms with Crippen molar-refractivity contribution in [1.29, 1.82) is 0 Å². The highest BCUT2D eigenvalue weighted by Crippen LogP contribution is 2.53. The van der Waals surface area contributed by atoms with Crippen molar-refractivity contribution in [3.63, 3.8) is 0 Å². The minimum absolute atomic E-state index is 0.187. The lowest BCUT2D eigenvalue weighted by molar-refractivity contribution is 0.885. The fraction of sp³-hybridized carbons (Fsp3) is 0.0213. The van der Waals surface area contributed by atoms with E-state index >= 15 is 0 Å². The van der Waals surface area contributed by atoms with Crippen LogP contribution in [0.25, 0.3) is 72.3 Å². The zero-order valence-corrected chi connectivity index (χ0v) is 27.2. The second-order valence-corrected chi connectivity index (χ2v) is 12.9. The Bertz CT molecular complexity index is 2620. The predicted molar refractivity (Wildman–Crippen MR) is 206 cm³/mol. The molecule has 7 aromatic carbocycles. The number of benzene rings is 7. The average Bonchev–Trinajstić information content (AvgIpc) is 3.71. The van der Waals surface area contributed by atoms with Gasteiger partial charge in [-0.25, -0.2) is 9.97 Å². The number of aromatic nitrogens is 3. The third-order valence-corrected chi connectivity index (χ3v) is 10.1. The Labute approximate surface area is 290 Å². The zero-order chi connectivity index (χ0) is 33.0. The summed E-state index contributed by atoms with van der Waals surface area (Å²) in [7, 11) is 0. The largest absolute Gasteiger partial charge is 0.309 e. The van der Waals surface area contributed by atoms with Gasteiger partial charge in [0.15, 0.2) is 0 Å². The molecular weight excluding hydrogens is 607 g/mol.